The van der Waals surface area contributed by atoms with Gasteiger partial charge in [0.05, 0.1) is 19.8 Å². The van der Waals surface area contributed by atoms with Crippen LogP contribution in [0, 0.1) is 0 Å². The fourth-order valence-corrected chi connectivity index (χ4v) is 1.41. The standard InChI is InChI=1S/C9H18N2O3/c12-4-6-14-5-3-10-8-1-2-9(13)11-7-8/h8,10,12H,1-7H2,(H,11,13). The van der Waals surface area contributed by atoms with Crippen molar-refractivity contribution in [3.05, 3.63) is 0 Å². The molecule has 0 aliphatic carbocycles. The topological polar surface area (TPSA) is 70.6 Å². The molecule has 14 heavy (non-hydrogen) atoms. The summed E-state index contributed by atoms with van der Waals surface area (Å²) in [5.74, 6) is 0.139. The van der Waals surface area contributed by atoms with Crippen LogP contribution in [0.4, 0.5) is 0 Å². The molecular weight excluding hydrogens is 184 g/mol. The lowest BCUT2D eigenvalue weighted by Gasteiger charge is -2.23. The Hall–Kier alpha value is -0.650. The molecule has 1 fully saturated rings. The van der Waals surface area contributed by atoms with Gasteiger partial charge in [0.25, 0.3) is 0 Å². The van der Waals surface area contributed by atoms with Gasteiger partial charge in [0.1, 0.15) is 0 Å². The van der Waals surface area contributed by atoms with Gasteiger partial charge in [0.2, 0.25) is 5.91 Å². The second kappa shape index (κ2) is 6.75. The predicted octanol–water partition coefficient (Wildman–Crippen LogP) is -1.14. The van der Waals surface area contributed by atoms with Crippen LogP contribution in [0.1, 0.15) is 12.8 Å². The molecule has 1 rings (SSSR count). The number of hydrogen-bond donors (Lipinski definition) is 3. The zero-order valence-corrected chi connectivity index (χ0v) is 8.29. The summed E-state index contributed by atoms with van der Waals surface area (Å²) in [5, 5.41) is 14.5. The molecule has 3 N–H and O–H groups in total. The summed E-state index contributed by atoms with van der Waals surface area (Å²) < 4.78 is 5.10. The number of aliphatic hydroxyl groups is 1. The van der Waals surface area contributed by atoms with Crippen molar-refractivity contribution in [1.82, 2.24) is 10.6 Å². The van der Waals surface area contributed by atoms with Crippen molar-refractivity contribution in [2.45, 2.75) is 18.9 Å². The number of nitrogens with one attached hydrogen (secondary N) is 2. The molecule has 1 amide bonds. The molecule has 1 atom stereocenters. The van der Waals surface area contributed by atoms with Crippen molar-refractivity contribution in [2.75, 3.05) is 32.9 Å². The molecule has 0 aromatic heterocycles. The number of aliphatic hydroxyl groups excluding tert-OH is 1. The Morgan fingerprint density at radius 3 is 3.07 bits per heavy atom. The van der Waals surface area contributed by atoms with E-state index < -0.39 is 0 Å². The van der Waals surface area contributed by atoms with Crippen molar-refractivity contribution in [1.29, 1.82) is 0 Å². The summed E-state index contributed by atoms with van der Waals surface area (Å²) in [6.45, 7) is 2.53. The Balaban J connectivity index is 1.94. The van der Waals surface area contributed by atoms with E-state index >= 15 is 0 Å². The van der Waals surface area contributed by atoms with Crippen LogP contribution in [0.25, 0.3) is 0 Å². The van der Waals surface area contributed by atoms with Gasteiger partial charge in [0.15, 0.2) is 0 Å². The monoisotopic (exact) mass is 202 g/mol. The second-order valence-electron chi connectivity index (χ2n) is 3.33. The highest BCUT2D eigenvalue weighted by Gasteiger charge is 2.16. The van der Waals surface area contributed by atoms with E-state index in [1.165, 1.54) is 0 Å². The Morgan fingerprint density at radius 1 is 1.57 bits per heavy atom. The molecule has 0 aromatic rings. The third-order valence-corrected chi connectivity index (χ3v) is 2.18. The van der Waals surface area contributed by atoms with Crippen LogP contribution in [0.15, 0.2) is 0 Å². The maximum absolute atomic E-state index is 10.8. The van der Waals surface area contributed by atoms with Crippen LogP contribution in [0.2, 0.25) is 0 Å². The maximum atomic E-state index is 10.8. The van der Waals surface area contributed by atoms with Gasteiger partial charge >= 0.3 is 0 Å². The highest BCUT2D eigenvalue weighted by Crippen LogP contribution is 2.01. The molecule has 0 aromatic carbocycles. The smallest absolute Gasteiger partial charge is 0.220 e. The highest BCUT2D eigenvalue weighted by atomic mass is 16.5. The second-order valence-corrected chi connectivity index (χ2v) is 3.33. The third-order valence-electron chi connectivity index (χ3n) is 2.18. The zero-order valence-electron chi connectivity index (χ0n) is 8.29. The first-order valence-electron chi connectivity index (χ1n) is 5.01. The van der Waals surface area contributed by atoms with Crippen molar-refractivity contribution < 1.29 is 14.6 Å². The van der Waals surface area contributed by atoms with Crippen LogP contribution in [-0.2, 0) is 9.53 Å². The van der Waals surface area contributed by atoms with E-state index in [2.05, 4.69) is 10.6 Å². The quantitative estimate of drug-likeness (QED) is 0.476. The summed E-state index contributed by atoms with van der Waals surface area (Å²) in [7, 11) is 0. The molecule has 0 bridgehead atoms. The highest BCUT2D eigenvalue weighted by molar-refractivity contribution is 5.76. The van der Waals surface area contributed by atoms with E-state index in [9.17, 15) is 4.79 Å². The van der Waals surface area contributed by atoms with Crippen molar-refractivity contribution >= 4 is 5.91 Å². The number of hydrogen-bond acceptors (Lipinski definition) is 4. The van der Waals surface area contributed by atoms with Crippen LogP contribution in [0.5, 0.6) is 0 Å². The lowest BCUT2D eigenvalue weighted by molar-refractivity contribution is -0.122. The van der Waals surface area contributed by atoms with Crippen molar-refractivity contribution in [3.63, 3.8) is 0 Å². The first kappa shape index (κ1) is 11.4. The lowest BCUT2D eigenvalue weighted by Crippen LogP contribution is -2.46. The molecule has 0 saturated carbocycles. The number of amides is 1. The van der Waals surface area contributed by atoms with Gasteiger partial charge in [-0.1, -0.05) is 0 Å². The van der Waals surface area contributed by atoms with Gasteiger partial charge < -0.3 is 20.5 Å². The average molecular weight is 202 g/mol. The Bertz CT molecular complexity index is 165. The number of ether oxygens (including phenoxy) is 1. The molecule has 1 unspecified atom stereocenters. The van der Waals surface area contributed by atoms with E-state index in [0.717, 1.165) is 13.0 Å². The van der Waals surface area contributed by atoms with E-state index in [4.69, 9.17) is 9.84 Å². The minimum atomic E-state index is 0.0689. The molecule has 0 spiro atoms. The SMILES string of the molecule is O=C1CCC(NCCOCCO)CN1. The van der Waals surface area contributed by atoms with E-state index in [1.54, 1.807) is 0 Å². The molecular formula is C9H18N2O3. The normalized spacial score (nSPS) is 22.1. The number of piperidine rings is 1. The minimum absolute atomic E-state index is 0.0689. The summed E-state index contributed by atoms with van der Waals surface area (Å²) in [6, 6.07) is 0.366. The predicted molar refractivity (Wildman–Crippen MR) is 51.9 cm³/mol. The summed E-state index contributed by atoms with van der Waals surface area (Å²) in [5.41, 5.74) is 0. The maximum Gasteiger partial charge on any atom is 0.220 e. The Labute approximate surface area is 83.8 Å². The molecule has 82 valence electrons. The number of carbonyl (C=O) groups is 1. The van der Waals surface area contributed by atoms with Gasteiger partial charge in [-0.15, -0.1) is 0 Å². The molecule has 5 heteroatoms. The minimum Gasteiger partial charge on any atom is -0.394 e. The lowest BCUT2D eigenvalue weighted by atomic mass is 10.1. The van der Waals surface area contributed by atoms with E-state index in [0.29, 0.717) is 32.2 Å². The average Bonchev–Trinajstić information content (AvgIpc) is 2.21. The van der Waals surface area contributed by atoms with E-state index in [1.807, 2.05) is 0 Å². The fourth-order valence-electron chi connectivity index (χ4n) is 1.41. The Kier molecular flexibility index (Phi) is 5.51. The molecule has 1 heterocycles. The van der Waals surface area contributed by atoms with Crippen molar-refractivity contribution in [3.8, 4) is 0 Å². The zero-order chi connectivity index (χ0) is 10.2. The number of carbonyl (C=O) groups excluding carboxylic acids is 1. The van der Waals surface area contributed by atoms with Crippen molar-refractivity contribution in [2.24, 2.45) is 0 Å². The van der Waals surface area contributed by atoms with Gasteiger partial charge in [-0.3, -0.25) is 4.79 Å². The first-order chi connectivity index (χ1) is 6.83. The van der Waals surface area contributed by atoms with Gasteiger partial charge in [-0.2, -0.15) is 0 Å². The molecule has 5 nitrogen and oxygen atoms in total. The fraction of sp³-hybridized carbons (Fsp3) is 0.889. The number of rotatable bonds is 6. The van der Waals surface area contributed by atoms with Gasteiger partial charge in [-0.05, 0) is 6.42 Å². The van der Waals surface area contributed by atoms with E-state index in [-0.39, 0.29) is 12.5 Å². The van der Waals surface area contributed by atoms with Crippen LogP contribution in [-0.4, -0.2) is 50.0 Å². The van der Waals surface area contributed by atoms with Crippen LogP contribution >= 0.6 is 0 Å². The molecule has 1 saturated heterocycles. The molecule has 1 aliphatic rings. The largest absolute Gasteiger partial charge is 0.394 e. The first-order valence-corrected chi connectivity index (χ1v) is 5.01. The van der Waals surface area contributed by atoms with Crippen LogP contribution < -0.4 is 10.6 Å². The summed E-state index contributed by atoms with van der Waals surface area (Å²) >= 11 is 0. The summed E-state index contributed by atoms with van der Waals surface area (Å²) in [6.07, 6.45) is 1.50. The molecule has 1 aliphatic heterocycles. The van der Waals surface area contributed by atoms with Gasteiger partial charge in [0, 0.05) is 25.6 Å². The molecule has 0 radical (unpaired) electrons. The van der Waals surface area contributed by atoms with Crippen LogP contribution in [0.3, 0.4) is 0 Å². The summed E-state index contributed by atoms with van der Waals surface area (Å²) in [4.78, 5) is 10.8. The third kappa shape index (κ3) is 4.55. The Morgan fingerprint density at radius 2 is 2.43 bits per heavy atom. The van der Waals surface area contributed by atoms with Gasteiger partial charge in [-0.25, -0.2) is 0 Å².